The fraction of sp³-hybridized carbons (Fsp3) is 0.333. The topological polar surface area (TPSA) is 35.5 Å². The number of aryl methyl sites for hydroxylation is 1. The summed E-state index contributed by atoms with van der Waals surface area (Å²) in [7, 11) is 0. The molecule has 0 saturated carbocycles. The van der Waals surface area contributed by atoms with Crippen molar-refractivity contribution in [3.8, 4) is 0 Å². The largest absolute Gasteiger partial charge is 0.368 e. The highest BCUT2D eigenvalue weighted by Gasteiger charge is 2.28. The van der Waals surface area contributed by atoms with Gasteiger partial charge in [0.25, 0.3) is 0 Å². The lowest BCUT2D eigenvalue weighted by Crippen LogP contribution is -2.47. The summed E-state index contributed by atoms with van der Waals surface area (Å²) in [6.07, 6.45) is 2.96. The molecule has 0 aliphatic carbocycles. The van der Waals surface area contributed by atoms with Gasteiger partial charge in [0.05, 0.1) is 0 Å². The SMILES string of the molecule is Cc1cccc(N2CCN(c3nccc(N4c5ccccc5CC4C)n3)CC2)c1. The van der Waals surface area contributed by atoms with Crippen LogP contribution >= 0.6 is 0 Å². The number of hydrogen-bond acceptors (Lipinski definition) is 5. The van der Waals surface area contributed by atoms with E-state index in [-0.39, 0.29) is 0 Å². The van der Waals surface area contributed by atoms with E-state index in [2.05, 4.69) is 82.1 Å². The number of piperazine rings is 1. The number of rotatable bonds is 3. The van der Waals surface area contributed by atoms with Gasteiger partial charge in [-0.1, -0.05) is 30.3 Å². The van der Waals surface area contributed by atoms with Crippen molar-refractivity contribution in [2.45, 2.75) is 26.3 Å². The molecule has 0 amide bonds. The van der Waals surface area contributed by atoms with E-state index in [1.807, 2.05) is 12.3 Å². The molecule has 1 saturated heterocycles. The minimum absolute atomic E-state index is 0.410. The Morgan fingerprint density at radius 2 is 1.69 bits per heavy atom. The molecule has 2 aromatic carbocycles. The summed E-state index contributed by atoms with van der Waals surface area (Å²) in [6.45, 7) is 8.26. The van der Waals surface area contributed by atoms with Gasteiger partial charge in [-0.2, -0.15) is 4.98 Å². The first-order valence-electron chi connectivity index (χ1n) is 10.5. The molecule has 0 radical (unpaired) electrons. The molecule has 1 atom stereocenters. The molecular weight excluding hydrogens is 358 g/mol. The van der Waals surface area contributed by atoms with Crippen LogP contribution in [0.2, 0.25) is 0 Å². The maximum Gasteiger partial charge on any atom is 0.227 e. The van der Waals surface area contributed by atoms with Crippen molar-refractivity contribution in [3.63, 3.8) is 0 Å². The molecule has 29 heavy (non-hydrogen) atoms. The number of aromatic nitrogens is 2. The van der Waals surface area contributed by atoms with Gasteiger partial charge in [0.15, 0.2) is 0 Å². The van der Waals surface area contributed by atoms with Gasteiger partial charge in [0.1, 0.15) is 5.82 Å². The summed E-state index contributed by atoms with van der Waals surface area (Å²) < 4.78 is 0. The zero-order chi connectivity index (χ0) is 19.8. The van der Waals surface area contributed by atoms with E-state index in [1.165, 1.54) is 22.5 Å². The molecular formula is C24H27N5. The van der Waals surface area contributed by atoms with Crippen LogP contribution in [0, 0.1) is 6.92 Å². The van der Waals surface area contributed by atoms with Crippen molar-refractivity contribution in [2.24, 2.45) is 0 Å². The maximum atomic E-state index is 4.96. The second kappa shape index (κ2) is 7.39. The fourth-order valence-electron chi connectivity index (χ4n) is 4.53. The van der Waals surface area contributed by atoms with E-state index in [9.17, 15) is 0 Å². The number of fused-ring (bicyclic) bond motifs is 1. The minimum atomic E-state index is 0.410. The van der Waals surface area contributed by atoms with E-state index in [4.69, 9.17) is 4.98 Å². The summed E-state index contributed by atoms with van der Waals surface area (Å²) >= 11 is 0. The lowest BCUT2D eigenvalue weighted by molar-refractivity contribution is 0.638. The van der Waals surface area contributed by atoms with E-state index < -0.39 is 0 Å². The van der Waals surface area contributed by atoms with Crippen LogP contribution in [0.5, 0.6) is 0 Å². The summed E-state index contributed by atoms with van der Waals surface area (Å²) in [6, 6.07) is 19.8. The van der Waals surface area contributed by atoms with Gasteiger partial charge in [0.2, 0.25) is 5.95 Å². The van der Waals surface area contributed by atoms with E-state index in [1.54, 1.807) is 0 Å². The molecule has 1 unspecified atom stereocenters. The van der Waals surface area contributed by atoms with Crippen molar-refractivity contribution >= 4 is 23.1 Å². The second-order valence-electron chi connectivity index (χ2n) is 8.08. The first kappa shape index (κ1) is 18.0. The van der Waals surface area contributed by atoms with Gasteiger partial charge in [0, 0.05) is 49.8 Å². The van der Waals surface area contributed by atoms with Gasteiger partial charge >= 0.3 is 0 Å². The minimum Gasteiger partial charge on any atom is -0.368 e. The number of para-hydroxylation sites is 1. The normalized spacial score (nSPS) is 18.8. The van der Waals surface area contributed by atoms with Gasteiger partial charge in [-0.05, 0) is 55.7 Å². The number of nitrogens with zero attached hydrogens (tertiary/aromatic N) is 5. The Kier molecular flexibility index (Phi) is 4.58. The molecule has 5 nitrogen and oxygen atoms in total. The number of hydrogen-bond donors (Lipinski definition) is 0. The molecule has 2 aliphatic heterocycles. The number of anilines is 4. The van der Waals surface area contributed by atoms with Crippen molar-refractivity contribution in [1.29, 1.82) is 0 Å². The Bertz CT molecular complexity index is 1010. The van der Waals surface area contributed by atoms with Crippen molar-refractivity contribution < 1.29 is 0 Å². The third-order valence-electron chi connectivity index (χ3n) is 6.01. The Morgan fingerprint density at radius 3 is 2.52 bits per heavy atom. The van der Waals surface area contributed by atoms with Crippen LogP contribution in [-0.4, -0.2) is 42.2 Å². The van der Waals surface area contributed by atoms with Gasteiger partial charge in [-0.15, -0.1) is 0 Å². The quantitative estimate of drug-likeness (QED) is 0.675. The molecule has 5 heteroatoms. The Morgan fingerprint density at radius 1 is 0.897 bits per heavy atom. The molecule has 1 fully saturated rings. The lowest BCUT2D eigenvalue weighted by Gasteiger charge is -2.36. The van der Waals surface area contributed by atoms with Gasteiger partial charge in [-0.25, -0.2) is 4.98 Å². The molecule has 0 N–H and O–H groups in total. The Labute approximate surface area is 172 Å². The number of benzene rings is 2. The van der Waals surface area contributed by atoms with Crippen LogP contribution in [0.1, 0.15) is 18.1 Å². The molecule has 5 rings (SSSR count). The Hall–Kier alpha value is -3.08. The smallest absolute Gasteiger partial charge is 0.227 e. The zero-order valence-corrected chi connectivity index (χ0v) is 17.1. The lowest BCUT2D eigenvalue weighted by atomic mass is 10.1. The summed E-state index contributed by atoms with van der Waals surface area (Å²) in [5, 5.41) is 0. The highest BCUT2D eigenvalue weighted by atomic mass is 15.3. The third-order valence-corrected chi connectivity index (χ3v) is 6.01. The standard InChI is InChI=1S/C24H27N5/c1-18-6-5-8-21(16-18)27-12-14-28(15-13-27)24-25-11-10-23(26-24)29-19(2)17-20-7-3-4-9-22(20)29/h3-11,16,19H,12-15,17H2,1-2H3. The molecule has 148 valence electrons. The zero-order valence-electron chi connectivity index (χ0n) is 17.1. The van der Waals surface area contributed by atoms with Crippen molar-refractivity contribution in [1.82, 2.24) is 9.97 Å². The predicted molar refractivity (Wildman–Crippen MR) is 119 cm³/mol. The van der Waals surface area contributed by atoms with Crippen LogP contribution in [0.25, 0.3) is 0 Å². The van der Waals surface area contributed by atoms with Gasteiger partial charge < -0.3 is 14.7 Å². The van der Waals surface area contributed by atoms with Crippen molar-refractivity contribution in [3.05, 3.63) is 71.9 Å². The first-order chi connectivity index (χ1) is 14.2. The predicted octanol–water partition coefficient (Wildman–Crippen LogP) is 4.19. The average molecular weight is 386 g/mol. The van der Waals surface area contributed by atoms with Crippen LogP contribution in [0.3, 0.4) is 0 Å². The van der Waals surface area contributed by atoms with Crippen LogP contribution in [0.15, 0.2) is 60.8 Å². The molecule has 2 aliphatic rings. The molecule has 0 spiro atoms. The summed E-state index contributed by atoms with van der Waals surface area (Å²) in [5.74, 6) is 1.83. The van der Waals surface area contributed by atoms with E-state index in [0.717, 1.165) is 44.4 Å². The van der Waals surface area contributed by atoms with Crippen molar-refractivity contribution in [2.75, 3.05) is 40.9 Å². The second-order valence-corrected chi connectivity index (χ2v) is 8.08. The fourth-order valence-corrected chi connectivity index (χ4v) is 4.53. The van der Waals surface area contributed by atoms with Crippen LogP contribution < -0.4 is 14.7 Å². The monoisotopic (exact) mass is 385 g/mol. The average Bonchev–Trinajstić information content (AvgIpc) is 3.09. The van der Waals surface area contributed by atoms with Gasteiger partial charge in [-0.3, -0.25) is 0 Å². The maximum absolute atomic E-state index is 4.96. The summed E-state index contributed by atoms with van der Waals surface area (Å²) in [5.41, 5.74) is 5.28. The molecule has 3 aromatic rings. The van der Waals surface area contributed by atoms with E-state index >= 15 is 0 Å². The summed E-state index contributed by atoms with van der Waals surface area (Å²) in [4.78, 5) is 16.7. The third kappa shape index (κ3) is 3.41. The van der Waals surface area contributed by atoms with Crippen LogP contribution in [0.4, 0.5) is 23.1 Å². The molecule has 3 heterocycles. The Balaban J connectivity index is 1.34. The van der Waals surface area contributed by atoms with E-state index in [0.29, 0.717) is 6.04 Å². The highest BCUT2D eigenvalue weighted by molar-refractivity contribution is 5.69. The molecule has 0 bridgehead atoms. The molecule has 1 aromatic heterocycles. The highest BCUT2D eigenvalue weighted by Crippen LogP contribution is 2.37. The first-order valence-corrected chi connectivity index (χ1v) is 10.5. The van der Waals surface area contributed by atoms with Crippen LogP contribution in [-0.2, 0) is 6.42 Å².